The molecule has 3 heterocycles. The summed E-state index contributed by atoms with van der Waals surface area (Å²) in [4.78, 5) is 6.68. The van der Waals surface area contributed by atoms with Crippen molar-refractivity contribution in [3.63, 3.8) is 0 Å². The molecule has 80 valence electrons. The highest BCUT2D eigenvalue weighted by molar-refractivity contribution is 14.1. The van der Waals surface area contributed by atoms with E-state index >= 15 is 0 Å². The van der Waals surface area contributed by atoms with Gasteiger partial charge in [-0.25, -0.2) is 4.98 Å². The summed E-state index contributed by atoms with van der Waals surface area (Å²) >= 11 is 8.50. The number of anilines is 1. The summed E-state index contributed by atoms with van der Waals surface area (Å²) < 4.78 is 6.50. The fourth-order valence-corrected chi connectivity index (χ4v) is 2.89. The van der Waals surface area contributed by atoms with E-state index in [1.807, 2.05) is 12.3 Å². The Balaban J connectivity index is 1.96. The van der Waals surface area contributed by atoms with Crippen LogP contribution in [0.2, 0.25) is 5.02 Å². The first-order valence-electron chi connectivity index (χ1n) is 4.93. The molecule has 0 radical (unpaired) electrons. The van der Waals surface area contributed by atoms with Crippen LogP contribution in [0.4, 0.5) is 5.82 Å². The molecule has 2 aliphatic rings. The Morgan fingerprint density at radius 3 is 2.87 bits per heavy atom. The van der Waals surface area contributed by atoms with Crippen LogP contribution < -0.4 is 4.90 Å². The molecule has 2 fully saturated rings. The van der Waals surface area contributed by atoms with Gasteiger partial charge in [0.2, 0.25) is 0 Å². The SMILES string of the molecule is Clc1c(I)ccnc1N1C2COCC1C2. The molecule has 2 unspecified atom stereocenters. The van der Waals surface area contributed by atoms with Crippen LogP contribution >= 0.6 is 34.2 Å². The van der Waals surface area contributed by atoms with Crippen molar-refractivity contribution in [1.29, 1.82) is 0 Å². The van der Waals surface area contributed by atoms with Crippen LogP contribution in [0.15, 0.2) is 12.3 Å². The second kappa shape index (κ2) is 3.75. The van der Waals surface area contributed by atoms with Crippen LogP contribution in [-0.4, -0.2) is 30.3 Å². The lowest BCUT2D eigenvalue weighted by molar-refractivity contribution is 0.00971. The van der Waals surface area contributed by atoms with Crippen molar-refractivity contribution < 1.29 is 4.74 Å². The first-order chi connectivity index (χ1) is 7.27. The molecule has 5 heteroatoms. The molecule has 0 saturated carbocycles. The van der Waals surface area contributed by atoms with Gasteiger partial charge in [0, 0.05) is 9.77 Å². The zero-order chi connectivity index (χ0) is 10.4. The third-order valence-electron chi connectivity index (χ3n) is 3.02. The largest absolute Gasteiger partial charge is 0.377 e. The molecular weight excluding hydrogens is 326 g/mol. The van der Waals surface area contributed by atoms with Crippen LogP contribution in [0.3, 0.4) is 0 Å². The molecule has 2 aliphatic heterocycles. The fourth-order valence-electron chi connectivity index (χ4n) is 2.27. The predicted molar refractivity (Wildman–Crippen MR) is 67.5 cm³/mol. The number of rotatable bonds is 1. The maximum atomic E-state index is 6.26. The van der Waals surface area contributed by atoms with Crippen LogP contribution in [-0.2, 0) is 4.74 Å². The Morgan fingerprint density at radius 2 is 2.20 bits per heavy atom. The lowest BCUT2D eigenvalue weighted by atomic mass is 9.91. The van der Waals surface area contributed by atoms with Gasteiger partial charge >= 0.3 is 0 Å². The molecule has 3 rings (SSSR count). The van der Waals surface area contributed by atoms with Gasteiger partial charge < -0.3 is 9.64 Å². The number of pyridine rings is 1. The first-order valence-corrected chi connectivity index (χ1v) is 6.39. The molecule has 0 N–H and O–H groups in total. The summed E-state index contributed by atoms with van der Waals surface area (Å²) in [6.07, 6.45) is 3.03. The summed E-state index contributed by atoms with van der Waals surface area (Å²) in [6.45, 7) is 1.61. The standard InChI is InChI=1S/C10H10ClIN2O/c11-9-8(12)1-2-13-10(9)14-6-3-7(14)5-15-4-6/h1-2,6-7H,3-5H2. The number of hydrogen-bond donors (Lipinski definition) is 0. The Morgan fingerprint density at radius 1 is 1.47 bits per heavy atom. The molecule has 1 aromatic rings. The van der Waals surface area contributed by atoms with Crippen molar-refractivity contribution >= 4 is 40.0 Å². The lowest BCUT2D eigenvalue weighted by Gasteiger charge is -2.53. The average Bonchev–Trinajstić information content (AvgIpc) is 2.26. The minimum Gasteiger partial charge on any atom is -0.377 e. The number of ether oxygens (including phenoxy) is 1. The number of nitrogens with zero attached hydrogens (tertiary/aromatic N) is 2. The zero-order valence-electron chi connectivity index (χ0n) is 7.99. The van der Waals surface area contributed by atoms with Gasteiger partial charge in [0.25, 0.3) is 0 Å². The van der Waals surface area contributed by atoms with Gasteiger partial charge in [-0.05, 0) is 35.1 Å². The molecule has 2 atom stereocenters. The van der Waals surface area contributed by atoms with E-state index in [0.717, 1.165) is 27.6 Å². The zero-order valence-corrected chi connectivity index (χ0v) is 10.9. The van der Waals surface area contributed by atoms with E-state index in [-0.39, 0.29) is 0 Å². The van der Waals surface area contributed by atoms with E-state index in [2.05, 4.69) is 32.5 Å². The van der Waals surface area contributed by atoms with Gasteiger partial charge in [-0.3, -0.25) is 0 Å². The van der Waals surface area contributed by atoms with Crippen molar-refractivity contribution in [3.8, 4) is 0 Å². The van der Waals surface area contributed by atoms with E-state index in [1.165, 1.54) is 6.42 Å². The highest BCUT2D eigenvalue weighted by Crippen LogP contribution is 2.39. The third kappa shape index (κ3) is 1.54. The summed E-state index contributed by atoms with van der Waals surface area (Å²) in [5.41, 5.74) is 0. The number of hydrogen-bond acceptors (Lipinski definition) is 3. The maximum absolute atomic E-state index is 6.26. The second-order valence-electron chi connectivity index (χ2n) is 3.92. The first kappa shape index (κ1) is 10.1. The number of halogens is 2. The van der Waals surface area contributed by atoms with Crippen molar-refractivity contribution in [3.05, 3.63) is 20.9 Å². The number of morpholine rings is 1. The lowest BCUT2D eigenvalue weighted by Crippen LogP contribution is -2.64. The Bertz CT molecular complexity index is 387. The molecular formula is C10H10ClIN2O. The summed E-state index contributed by atoms with van der Waals surface area (Å²) in [5, 5.41) is 0.773. The molecule has 0 aromatic carbocycles. The molecule has 2 saturated heterocycles. The van der Waals surface area contributed by atoms with Gasteiger partial charge in [0.05, 0.1) is 30.3 Å². The van der Waals surface area contributed by atoms with Crippen molar-refractivity contribution in [1.82, 2.24) is 4.98 Å². The van der Waals surface area contributed by atoms with Crippen LogP contribution in [0.25, 0.3) is 0 Å². The topological polar surface area (TPSA) is 25.4 Å². The van der Waals surface area contributed by atoms with Crippen molar-refractivity contribution in [2.75, 3.05) is 18.1 Å². The van der Waals surface area contributed by atoms with Gasteiger partial charge in [0.1, 0.15) is 5.82 Å². The Kier molecular flexibility index (Phi) is 2.52. The molecule has 0 aliphatic carbocycles. The fraction of sp³-hybridized carbons (Fsp3) is 0.500. The van der Waals surface area contributed by atoms with Crippen molar-refractivity contribution in [2.45, 2.75) is 18.5 Å². The van der Waals surface area contributed by atoms with Gasteiger partial charge in [-0.1, -0.05) is 11.6 Å². The quantitative estimate of drug-likeness (QED) is 0.736. The average molecular weight is 337 g/mol. The monoisotopic (exact) mass is 336 g/mol. The normalized spacial score (nSPS) is 28.8. The van der Waals surface area contributed by atoms with Gasteiger partial charge in [-0.15, -0.1) is 0 Å². The van der Waals surface area contributed by atoms with E-state index in [9.17, 15) is 0 Å². The summed E-state index contributed by atoms with van der Waals surface area (Å²) in [6, 6.07) is 2.89. The third-order valence-corrected chi connectivity index (χ3v) is 4.61. The molecule has 1 aromatic heterocycles. The van der Waals surface area contributed by atoms with Crippen LogP contribution in [0.1, 0.15) is 6.42 Å². The van der Waals surface area contributed by atoms with E-state index < -0.39 is 0 Å². The molecule has 0 spiro atoms. The number of aromatic nitrogens is 1. The molecule has 15 heavy (non-hydrogen) atoms. The highest BCUT2D eigenvalue weighted by atomic mass is 127. The van der Waals surface area contributed by atoms with Crippen LogP contribution in [0, 0.1) is 3.57 Å². The number of fused-ring (bicyclic) bond motifs is 2. The van der Waals surface area contributed by atoms with Crippen molar-refractivity contribution in [2.24, 2.45) is 0 Å². The van der Waals surface area contributed by atoms with E-state index in [4.69, 9.17) is 16.3 Å². The van der Waals surface area contributed by atoms with Gasteiger partial charge in [-0.2, -0.15) is 0 Å². The Labute approximate surface area is 107 Å². The summed E-state index contributed by atoms with van der Waals surface area (Å²) in [5.74, 6) is 0.924. The van der Waals surface area contributed by atoms with E-state index in [1.54, 1.807) is 0 Å². The van der Waals surface area contributed by atoms with Gasteiger partial charge in [0.15, 0.2) is 0 Å². The molecule has 2 bridgehead atoms. The summed E-state index contributed by atoms with van der Waals surface area (Å²) in [7, 11) is 0. The minimum atomic E-state index is 0.479. The minimum absolute atomic E-state index is 0.479. The second-order valence-corrected chi connectivity index (χ2v) is 5.46. The predicted octanol–water partition coefficient (Wildman–Crippen LogP) is 2.32. The van der Waals surface area contributed by atoms with E-state index in [0.29, 0.717) is 12.1 Å². The highest BCUT2D eigenvalue weighted by Gasteiger charge is 2.43. The molecule has 0 amide bonds. The maximum Gasteiger partial charge on any atom is 0.149 e. The van der Waals surface area contributed by atoms with Crippen LogP contribution in [0.5, 0.6) is 0 Å². The smallest absolute Gasteiger partial charge is 0.149 e. The Hall–Kier alpha value is -0.0700. The molecule has 3 nitrogen and oxygen atoms in total.